The number of amides is 2. The Morgan fingerprint density at radius 2 is 1.93 bits per heavy atom. The fourth-order valence-corrected chi connectivity index (χ4v) is 4.01. The molecule has 0 aliphatic carbocycles. The van der Waals surface area contributed by atoms with E-state index in [1.807, 2.05) is 41.0 Å². The molecule has 0 bridgehead atoms. The summed E-state index contributed by atoms with van der Waals surface area (Å²) < 4.78 is 7.37. The van der Waals surface area contributed by atoms with Gasteiger partial charge in [0, 0.05) is 0 Å². The summed E-state index contributed by atoms with van der Waals surface area (Å²) in [5.41, 5.74) is 1.07. The molecule has 29 heavy (non-hydrogen) atoms. The Kier molecular flexibility index (Phi) is 5.87. The molecular formula is C20H16N4O3S2. The molecule has 9 heteroatoms. The third kappa shape index (κ3) is 4.64. The second-order valence-electron chi connectivity index (χ2n) is 6.00. The van der Waals surface area contributed by atoms with E-state index in [4.69, 9.17) is 4.42 Å². The molecule has 2 amide bonds. The minimum atomic E-state index is -0.396. The van der Waals surface area contributed by atoms with Crippen molar-refractivity contribution in [1.29, 1.82) is 0 Å². The normalized spacial score (nSPS) is 10.8. The maximum absolute atomic E-state index is 12.2. The summed E-state index contributed by atoms with van der Waals surface area (Å²) in [7, 11) is 0. The summed E-state index contributed by atoms with van der Waals surface area (Å²) in [6, 6.07) is 16.9. The Labute approximate surface area is 174 Å². The smallest absolute Gasteiger partial charge is 0.267 e. The average molecular weight is 425 g/mol. The highest BCUT2D eigenvalue weighted by atomic mass is 32.2. The fraction of sp³-hybridized carbons (Fsp3) is 0.100. The van der Waals surface area contributed by atoms with E-state index in [1.165, 1.54) is 23.1 Å². The average Bonchev–Trinajstić information content (AvgIpc) is 3.49. The molecule has 0 spiro atoms. The number of nitrogens with zero attached hydrogens (tertiary/aromatic N) is 3. The van der Waals surface area contributed by atoms with E-state index in [-0.39, 0.29) is 11.7 Å². The van der Waals surface area contributed by atoms with Crippen molar-refractivity contribution in [3.05, 3.63) is 76.7 Å². The summed E-state index contributed by atoms with van der Waals surface area (Å²) >= 11 is 2.50. The summed E-state index contributed by atoms with van der Waals surface area (Å²) in [6.07, 6.45) is 1.58. The first-order valence-corrected chi connectivity index (χ1v) is 10.6. The number of thioether (sulfide) groups is 1. The van der Waals surface area contributed by atoms with Crippen LogP contribution in [0.4, 0.5) is 0 Å². The predicted octanol–water partition coefficient (Wildman–Crippen LogP) is 3.70. The van der Waals surface area contributed by atoms with E-state index >= 15 is 0 Å². The van der Waals surface area contributed by atoms with Crippen molar-refractivity contribution < 1.29 is 14.0 Å². The van der Waals surface area contributed by atoms with Crippen molar-refractivity contribution in [2.75, 3.05) is 5.75 Å². The lowest BCUT2D eigenvalue weighted by molar-refractivity contribution is -0.117. The van der Waals surface area contributed by atoms with Crippen LogP contribution in [0.15, 0.2) is 75.8 Å². The number of aromatic nitrogens is 3. The van der Waals surface area contributed by atoms with Crippen LogP contribution in [-0.4, -0.2) is 32.3 Å². The lowest BCUT2D eigenvalue weighted by atomic mass is 10.2. The second-order valence-corrected chi connectivity index (χ2v) is 7.89. The summed E-state index contributed by atoms with van der Waals surface area (Å²) in [5, 5.41) is 13.2. The van der Waals surface area contributed by atoms with Crippen LogP contribution in [0.2, 0.25) is 0 Å². The molecule has 4 rings (SSSR count). The fourth-order valence-electron chi connectivity index (χ4n) is 2.65. The molecule has 0 unspecified atom stereocenters. The molecule has 0 saturated heterocycles. The molecule has 3 aromatic heterocycles. The van der Waals surface area contributed by atoms with Crippen molar-refractivity contribution in [1.82, 2.24) is 20.1 Å². The Morgan fingerprint density at radius 1 is 1.07 bits per heavy atom. The lowest BCUT2D eigenvalue weighted by Gasteiger charge is -2.09. The highest BCUT2D eigenvalue weighted by Gasteiger charge is 2.18. The third-order valence-corrected chi connectivity index (χ3v) is 5.81. The molecule has 0 saturated carbocycles. The number of hydrogen-bond acceptors (Lipinski definition) is 7. The van der Waals surface area contributed by atoms with Crippen LogP contribution in [0.3, 0.4) is 0 Å². The number of nitrogens with one attached hydrogen (secondary N) is 1. The van der Waals surface area contributed by atoms with Crippen LogP contribution < -0.4 is 5.32 Å². The van der Waals surface area contributed by atoms with Gasteiger partial charge >= 0.3 is 0 Å². The number of imide groups is 1. The molecule has 4 aromatic rings. The second kappa shape index (κ2) is 8.89. The number of carbonyl (C=O) groups is 2. The van der Waals surface area contributed by atoms with E-state index in [1.54, 1.807) is 29.8 Å². The summed E-state index contributed by atoms with van der Waals surface area (Å²) in [4.78, 5) is 24.7. The van der Waals surface area contributed by atoms with Crippen LogP contribution in [0, 0.1) is 0 Å². The molecule has 146 valence electrons. The lowest BCUT2D eigenvalue weighted by Crippen LogP contribution is -2.31. The third-order valence-electron chi connectivity index (χ3n) is 3.97. The standard InChI is InChI=1S/C20H16N4O3S2/c25-17(21-19(26)16-9-5-11-28-16)13-29-20-23-22-18(15-8-4-10-27-15)24(20)12-14-6-2-1-3-7-14/h1-11H,12-13H2,(H,21,25,26). The maximum atomic E-state index is 12.2. The topological polar surface area (TPSA) is 90.0 Å². The van der Waals surface area contributed by atoms with Crippen molar-refractivity contribution in [3.63, 3.8) is 0 Å². The molecule has 1 aromatic carbocycles. The number of rotatable bonds is 7. The van der Waals surface area contributed by atoms with Crippen LogP contribution >= 0.6 is 23.1 Å². The van der Waals surface area contributed by atoms with E-state index < -0.39 is 5.91 Å². The quantitative estimate of drug-likeness (QED) is 0.455. The van der Waals surface area contributed by atoms with Gasteiger partial charge in [0.25, 0.3) is 5.91 Å². The number of thiophene rings is 1. The monoisotopic (exact) mass is 424 g/mol. The SMILES string of the molecule is O=C(CSc1nnc(-c2ccco2)n1Cc1ccccc1)NC(=O)c1cccs1. The first-order chi connectivity index (χ1) is 14.2. The van der Waals surface area contributed by atoms with Crippen molar-refractivity contribution in [2.24, 2.45) is 0 Å². The van der Waals surface area contributed by atoms with E-state index in [2.05, 4.69) is 15.5 Å². The zero-order chi connectivity index (χ0) is 20.1. The van der Waals surface area contributed by atoms with Gasteiger partial charge in [0.15, 0.2) is 10.9 Å². The zero-order valence-corrected chi connectivity index (χ0v) is 16.8. The Morgan fingerprint density at radius 3 is 2.66 bits per heavy atom. The van der Waals surface area contributed by atoms with E-state index in [9.17, 15) is 9.59 Å². The maximum Gasteiger partial charge on any atom is 0.267 e. The van der Waals surface area contributed by atoms with Crippen LogP contribution in [0.25, 0.3) is 11.6 Å². The van der Waals surface area contributed by atoms with Gasteiger partial charge in [-0.2, -0.15) is 0 Å². The highest BCUT2D eigenvalue weighted by Crippen LogP contribution is 2.25. The van der Waals surface area contributed by atoms with Crippen molar-refractivity contribution >= 4 is 34.9 Å². The van der Waals surface area contributed by atoms with Gasteiger partial charge in [-0.1, -0.05) is 48.2 Å². The van der Waals surface area contributed by atoms with Gasteiger partial charge in [-0.05, 0) is 29.1 Å². The molecular weight excluding hydrogens is 408 g/mol. The van der Waals surface area contributed by atoms with Crippen LogP contribution in [0.1, 0.15) is 15.2 Å². The van der Waals surface area contributed by atoms with Gasteiger partial charge in [0.2, 0.25) is 11.7 Å². The first-order valence-electron chi connectivity index (χ1n) is 8.72. The Bertz CT molecular complexity index is 1090. The molecule has 0 atom stereocenters. The van der Waals surface area contributed by atoms with E-state index in [0.717, 1.165) is 5.56 Å². The largest absolute Gasteiger partial charge is 0.461 e. The number of benzene rings is 1. The van der Waals surface area contributed by atoms with Gasteiger partial charge in [-0.3, -0.25) is 19.5 Å². The van der Waals surface area contributed by atoms with E-state index in [0.29, 0.717) is 28.2 Å². The Hall–Kier alpha value is -3.17. The highest BCUT2D eigenvalue weighted by molar-refractivity contribution is 7.99. The van der Waals surface area contributed by atoms with Gasteiger partial charge in [-0.15, -0.1) is 21.5 Å². The van der Waals surface area contributed by atoms with Crippen LogP contribution in [-0.2, 0) is 11.3 Å². The molecule has 0 fully saturated rings. The predicted molar refractivity (Wildman–Crippen MR) is 111 cm³/mol. The molecule has 0 aliphatic rings. The summed E-state index contributed by atoms with van der Waals surface area (Å²) in [5.74, 6) is 0.436. The van der Waals surface area contributed by atoms with Crippen molar-refractivity contribution in [3.8, 4) is 11.6 Å². The summed E-state index contributed by atoms with van der Waals surface area (Å²) in [6.45, 7) is 0.530. The molecule has 3 heterocycles. The molecule has 7 nitrogen and oxygen atoms in total. The van der Waals surface area contributed by atoms with Gasteiger partial charge in [0.05, 0.1) is 23.4 Å². The zero-order valence-electron chi connectivity index (χ0n) is 15.1. The first kappa shape index (κ1) is 19.2. The number of carbonyl (C=O) groups excluding carboxylic acids is 2. The molecule has 0 radical (unpaired) electrons. The van der Waals surface area contributed by atoms with Crippen LogP contribution in [0.5, 0.6) is 0 Å². The Balaban J connectivity index is 1.49. The minimum absolute atomic E-state index is 0.0438. The van der Waals surface area contributed by atoms with Gasteiger partial charge in [-0.25, -0.2) is 0 Å². The number of furan rings is 1. The van der Waals surface area contributed by atoms with Gasteiger partial charge in [0.1, 0.15) is 0 Å². The number of hydrogen-bond donors (Lipinski definition) is 1. The molecule has 0 aliphatic heterocycles. The molecule has 1 N–H and O–H groups in total. The van der Waals surface area contributed by atoms with Crippen molar-refractivity contribution in [2.45, 2.75) is 11.7 Å². The van der Waals surface area contributed by atoms with Gasteiger partial charge < -0.3 is 4.42 Å². The minimum Gasteiger partial charge on any atom is -0.461 e.